The number of piperazine rings is 1. The number of hydrogen-bond donors (Lipinski definition) is 1. The van der Waals surface area contributed by atoms with Gasteiger partial charge in [-0.2, -0.15) is 4.31 Å². The molecular formula is C18H22FN5O3S. The van der Waals surface area contributed by atoms with Gasteiger partial charge < -0.3 is 10.2 Å². The van der Waals surface area contributed by atoms with Crippen LogP contribution in [0.1, 0.15) is 16.9 Å². The fraction of sp³-hybridized carbons (Fsp3) is 0.389. The second-order valence-corrected chi connectivity index (χ2v) is 8.47. The highest BCUT2D eigenvalue weighted by Crippen LogP contribution is 2.18. The third kappa shape index (κ3) is 5.23. The lowest BCUT2D eigenvalue weighted by molar-refractivity contribution is 0.0948. The molecule has 0 radical (unpaired) electrons. The number of amides is 1. The summed E-state index contributed by atoms with van der Waals surface area (Å²) in [6, 6.07) is 6.18. The highest BCUT2D eigenvalue weighted by molar-refractivity contribution is 7.89. The maximum atomic E-state index is 13.0. The van der Waals surface area contributed by atoms with Crippen LogP contribution in [0.5, 0.6) is 0 Å². The van der Waals surface area contributed by atoms with E-state index in [0.29, 0.717) is 32.6 Å². The molecule has 0 aliphatic carbocycles. The number of carbonyl (C=O) groups is 1. The van der Waals surface area contributed by atoms with E-state index in [1.165, 1.54) is 35.0 Å². The first-order valence-corrected chi connectivity index (χ1v) is 10.6. The summed E-state index contributed by atoms with van der Waals surface area (Å²) in [6.07, 6.45) is 4.56. The van der Waals surface area contributed by atoms with Gasteiger partial charge in [-0.15, -0.1) is 0 Å². The summed E-state index contributed by atoms with van der Waals surface area (Å²) in [5.41, 5.74) is 1.08. The molecule has 10 heteroatoms. The zero-order chi connectivity index (χ0) is 20.0. The minimum atomic E-state index is -3.39. The molecule has 2 aromatic rings. The highest BCUT2D eigenvalue weighted by atomic mass is 32.2. The summed E-state index contributed by atoms with van der Waals surface area (Å²) < 4.78 is 39.5. The number of sulfonamides is 1. The van der Waals surface area contributed by atoms with E-state index >= 15 is 0 Å². The van der Waals surface area contributed by atoms with Crippen molar-refractivity contribution in [1.82, 2.24) is 19.6 Å². The van der Waals surface area contributed by atoms with Crippen LogP contribution in [0.15, 0.2) is 42.9 Å². The molecule has 1 aliphatic rings. The van der Waals surface area contributed by atoms with E-state index in [-0.39, 0.29) is 29.7 Å². The predicted molar refractivity (Wildman–Crippen MR) is 103 cm³/mol. The van der Waals surface area contributed by atoms with Gasteiger partial charge >= 0.3 is 0 Å². The minimum Gasteiger partial charge on any atom is -0.369 e. The Balaban J connectivity index is 1.43. The van der Waals surface area contributed by atoms with Gasteiger partial charge in [-0.1, -0.05) is 0 Å². The van der Waals surface area contributed by atoms with Crippen LogP contribution in [0.2, 0.25) is 0 Å². The normalized spacial score (nSPS) is 15.4. The van der Waals surface area contributed by atoms with Gasteiger partial charge in [0.25, 0.3) is 5.91 Å². The fourth-order valence-electron chi connectivity index (χ4n) is 2.97. The Hall–Kier alpha value is -2.59. The Kier molecular flexibility index (Phi) is 6.53. The molecule has 3 rings (SSSR count). The van der Waals surface area contributed by atoms with Gasteiger partial charge in [0.2, 0.25) is 10.0 Å². The van der Waals surface area contributed by atoms with E-state index in [1.54, 1.807) is 12.1 Å². The fourth-order valence-corrected chi connectivity index (χ4v) is 4.46. The molecule has 1 fully saturated rings. The minimum absolute atomic E-state index is 0.0374. The summed E-state index contributed by atoms with van der Waals surface area (Å²) >= 11 is 0. The number of carbonyl (C=O) groups excluding carboxylic acids is 1. The summed E-state index contributed by atoms with van der Waals surface area (Å²) in [4.78, 5) is 21.6. The Morgan fingerprint density at radius 1 is 1.11 bits per heavy atom. The molecule has 0 atom stereocenters. The van der Waals surface area contributed by atoms with Crippen molar-refractivity contribution in [1.29, 1.82) is 0 Å². The average molecular weight is 407 g/mol. The maximum absolute atomic E-state index is 13.0. The third-order valence-electron chi connectivity index (χ3n) is 4.48. The molecule has 0 unspecified atom stereocenters. The van der Waals surface area contributed by atoms with Crippen LogP contribution < -0.4 is 10.2 Å². The topological polar surface area (TPSA) is 95.5 Å². The Morgan fingerprint density at radius 3 is 2.46 bits per heavy atom. The lowest BCUT2D eigenvalue weighted by atomic mass is 10.2. The van der Waals surface area contributed by atoms with Gasteiger partial charge in [-0.05, 0) is 30.7 Å². The van der Waals surface area contributed by atoms with Crippen LogP contribution in [-0.4, -0.2) is 67.1 Å². The van der Waals surface area contributed by atoms with Crippen molar-refractivity contribution in [2.24, 2.45) is 0 Å². The molecule has 1 aliphatic heterocycles. The summed E-state index contributed by atoms with van der Waals surface area (Å²) in [7, 11) is -3.39. The SMILES string of the molecule is O=C(NCCCS(=O)(=O)N1CCN(c2ccc(F)cc2)CC1)c1cnccn1. The molecule has 150 valence electrons. The lowest BCUT2D eigenvalue weighted by Crippen LogP contribution is -2.49. The van der Waals surface area contributed by atoms with Gasteiger partial charge in [0.05, 0.1) is 11.9 Å². The van der Waals surface area contributed by atoms with Gasteiger partial charge in [-0.25, -0.2) is 17.8 Å². The van der Waals surface area contributed by atoms with E-state index in [9.17, 15) is 17.6 Å². The van der Waals surface area contributed by atoms with E-state index in [0.717, 1.165) is 5.69 Å². The third-order valence-corrected chi connectivity index (χ3v) is 6.44. The van der Waals surface area contributed by atoms with Crippen LogP contribution in [0.25, 0.3) is 0 Å². The number of hydrogen-bond acceptors (Lipinski definition) is 6. The number of halogens is 1. The Labute approximate surface area is 163 Å². The predicted octanol–water partition coefficient (Wildman–Crippen LogP) is 0.888. The van der Waals surface area contributed by atoms with E-state index in [4.69, 9.17) is 0 Å². The summed E-state index contributed by atoms with van der Waals surface area (Å²) in [5.74, 6) is -0.709. The van der Waals surface area contributed by atoms with Gasteiger partial charge in [0.1, 0.15) is 11.5 Å². The second kappa shape index (κ2) is 9.07. The monoisotopic (exact) mass is 407 g/mol. The molecule has 1 aromatic carbocycles. The first kappa shape index (κ1) is 20.2. The number of rotatable bonds is 7. The van der Waals surface area contributed by atoms with Crippen molar-refractivity contribution in [3.63, 3.8) is 0 Å². The zero-order valence-corrected chi connectivity index (χ0v) is 16.1. The molecule has 1 saturated heterocycles. The quantitative estimate of drug-likeness (QED) is 0.685. The van der Waals surface area contributed by atoms with E-state index in [2.05, 4.69) is 15.3 Å². The van der Waals surface area contributed by atoms with Crippen molar-refractivity contribution >= 4 is 21.6 Å². The second-order valence-electron chi connectivity index (χ2n) is 6.38. The Bertz CT molecular complexity index is 885. The van der Waals surface area contributed by atoms with E-state index in [1.807, 2.05) is 4.90 Å². The number of nitrogens with one attached hydrogen (secondary N) is 1. The number of nitrogens with zero attached hydrogens (tertiary/aromatic N) is 4. The molecule has 0 saturated carbocycles. The molecule has 1 aromatic heterocycles. The van der Waals surface area contributed by atoms with Crippen LogP contribution >= 0.6 is 0 Å². The molecule has 1 amide bonds. The molecule has 28 heavy (non-hydrogen) atoms. The smallest absolute Gasteiger partial charge is 0.271 e. The highest BCUT2D eigenvalue weighted by Gasteiger charge is 2.26. The van der Waals surface area contributed by atoms with Crippen molar-refractivity contribution in [2.75, 3.05) is 43.4 Å². The summed E-state index contributed by atoms with van der Waals surface area (Å²) in [6.45, 7) is 2.10. The van der Waals surface area contributed by atoms with Gasteiger partial charge in [-0.3, -0.25) is 9.78 Å². The maximum Gasteiger partial charge on any atom is 0.271 e. The largest absolute Gasteiger partial charge is 0.369 e. The first-order chi connectivity index (χ1) is 13.5. The number of aromatic nitrogens is 2. The molecule has 8 nitrogen and oxygen atoms in total. The molecular weight excluding hydrogens is 385 g/mol. The van der Waals surface area contributed by atoms with Crippen molar-refractivity contribution in [3.05, 3.63) is 54.4 Å². The number of benzene rings is 1. The Morgan fingerprint density at radius 2 is 1.82 bits per heavy atom. The molecule has 0 spiro atoms. The average Bonchev–Trinajstić information content (AvgIpc) is 2.72. The standard InChI is InChI=1S/C18H22FN5O3S/c19-15-2-4-16(5-3-15)23-9-11-24(12-10-23)28(26,27)13-1-6-22-18(25)17-14-20-7-8-21-17/h2-5,7-8,14H,1,6,9-13H2,(H,22,25). The van der Waals surface area contributed by atoms with Crippen LogP contribution in [0, 0.1) is 5.82 Å². The van der Waals surface area contributed by atoms with Gasteiger partial charge in [0, 0.05) is 50.8 Å². The molecule has 0 bridgehead atoms. The van der Waals surface area contributed by atoms with E-state index < -0.39 is 10.0 Å². The lowest BCUT2D eigenvalue weighted by Gasteiger charge is -2.35. The van der Waals surface area contributed by atoms with Crippen molar-refractivity contribution in [2.45, 2.75) is 6.42 Å². The van der Waals surface area contributed by atoms with Gasteiger partial charge in [0.15, 0.2) is 0 Å². The summed E-state index contributed by atoms with van der Waals surface area (Å²) in [5, 5.41) is 2.64. The van der Waals surface area contributed by atoms with Crippen LogP contribution in [-0.2, 0) is 10.0 Å². The molecule has 1 N–H and O–H groups in total. The van der Waals surface area contributed by atoms with Crippen LogP contribution in [0.3, 0.4) is 0 Å². The van der Waals surface area contributed by atoms with Crippen molar-refractivity contribution in [3.8, 4) is 0 Å². The number of anilines is 1. The molecule has 2 heterocycles. The first-order valence-electron chi connectivity index (χ1n) is 8.98. The van der Waals surface area contributed by atoms with Crippen molar-refractivity contribution < 1.29 is 17.6 Å². The van der Waals surface area contributed by atoms with Crippen LogP contribution in [0.4, 0.5) is 10.1 Å². The zero-order valence-electron chi connectivity index (χ0n) is 15.3.